The van der Waals surface area contributed by atoms with E-state index < -0.39 is 0 Å². The van der Waals surface area contributed by atoms with Crippen molar-refractivity contribution in [1.82, 2.24) is 5.32 Å². The van der Waals surface area contributed by atoms with Crippen LogP contribution in [0.5, 0.6) is 5.75 Å². The molecule has 0 bridgehead atoms. The first-order chi connectivity index (χ1) is 8.11. The van der Waals surface area contributed by atoms with Gasteiger partial charge in [0.1, 0.15) is 5.75 Å². The fraction of sp³-hybridized carbons (Fsp3) is 0.462. The smallest absolute Gasteiger partial charge is 0.251 e. The molecule has 17 heavy (non-hydrogen) atoms. The summed E-state index contributed by atoms with van der Waals surface area (Å²) in [6.07, 6.45) is 2.62. The number of nitrogens with zero attached hydrogens (tertiary/aromatic N) is 1. The van der Waals surface area contributed by atoms with E-state index in [0.717, 1.165) is 24.3 Å². The first-order valence-corrected chi connectivity index (χ1v) is 5.82. The number of nitrogens with one attached hydrogen (secondary N) is 1. The highest BCUT2D eigenvalue weighted by Gasteiger charge is 2.25. The SMILES string of the molecule is CNC(=O)c1ccc(OC2CC2)c(N(C)C)c1. The van der Waals surface area contributed by atoms with Crippen molar-refractivity contribution < 1.29 is 9.53 Å². The number of hydrogen-bond acceptors (Lipinski definition) is 3. The molecule has 1 aromatic carbocycles. The van der Waals surface area contributed by atoms with E-state index in [-0.39, 0.29) is 5.91 Å². The molecule has 0 saturated heterocycles. The van der Waals surface area contributed by atoms with Crippen LogP contribution in [0.1, 0.15) is 23.2 Å². The van der Waals surface area contributed by atoms with Crippen molar-refractivity contribution >= 4 is 11.6 Å². The fourth-order valence-corrected chi connectivity index (χ4v) is 1.62. The second-order valence-electron chi connectivity index (χ2n) is 4.47. The van der Waals surface area contributed by atoms with E-state index in [2.05, 4.69) is 5.32 Å². The second-order valence-corrected chi connectivity index (χ2v) is 4.47. The third-order valence-electron chi connectivity index (χ3n) is 2.75. The maximum Gasteiger partial charge on any atom is 0.251 e. The number of benzene rings is 1. The van der Waals surface area contributed by atoms with Crippen molar-refractivity contribution in [3.63, 3.8) is 0 Å². The van der Waals surface area contributed by atoms with Gasteiger partial charge in [-0.1, -0.05) is 0 Å². The zero-order valence-electron chi connectivity index (χ0n) is 10.5. The molecular weight excluding hydrogens is 216 g/mol. The summed E-state index contributed by atoms with van der Waals surface area (Å²) in [4.78, 5) is 13.5. The molecule has 0 unspecified atom stereocenters. The third kappa shape index (κ3) is 2.70. The fourth-order valence-electron chi connectivity index (χ4n) is 1.62. The molecule has 4 nitrogen and oxygen atoms in total. The summed E-state index contributed by atoms with van der Waals surface area (Å²) >= 11 is 0. The van der Waals surface area contributed by atoms with Gasteiger partial charge in [-0.15, -0.1) is 0 Å². The second kappa shape index (κ2) is 4.65. The predicted octanol–water partition coefficient (Wildman–Crippen LogP) is 1.65. The van der Waals surface area contributed by atoms with E-state index in [4.69, 9.17) is 4.74 Å². The molecule has 0 aliphatic heterocycles. The highest BCUT2D eigenvalue weighted by molar-refractivity contribution is 5.95. The van der Waals surface area contributed by atoms with Crippen LogP contribution in [0.4, 0.5) is 5.69 Å². The van der Waals surface area contributed by atoms with Gasteiger partial charge in [0.05, 0.1) is 11.8 Å². The summed E-state index contributed by atoms with van der Waals surface area (Å²) in [7, 11) is 5.53. The van der Waals surface area contributed by atoms with Crippen LogP contribution in [0.2, 0.25) is 0 Å². The standard InChI is InChI=1S/C13H18N2O2/c1-14-13(16)9-4-7-12(17-10-5-6-10)11(8-9)15(2)3/h4,7-8,10H,5-6H2,1-3H3,(H,14,16). The van der Waals surface area contributed by atoms with Crippen LogP contribution in [0.25, 0.3) is 0 Å². The summed E-state index contributed by atoms with van der Waals surface area (Å²) < 4.78 is 5.81. The third-order valence-corrected chi connectivity index (χ3v) is 2.75. The average Bonchev–Trinajstić information content (AvgIpc) is 3.12. The minimum absolute atomic E-state index is 0.0777. The largest absolute Gasteiger partial charge is 0.488 e. The molecule has 2 rings (SSSR count). The summed E-state index contributed by atoms with van der Waals surface area (Å²) in [6.45, 7) is 0. The molecule has 1 aromatic rings. The molecule has 0 aromatic heterocycles. The van der Waals surface area contributed by atoms with Crippen molar-refractivity contribution in [3.05, 3.63) is 23.8 Å². The predicted molar refractivity (Wildman–Crippen MR) is 67.8 cm³/mol. The zero-order valence-corrected chi connectivity index (χ0v) is 10.5. The summed E-state index contributed by atoms with van der Waals surface area (Å²) in [6, 6.07) is 5.53. The number of rotatable bonds is 4. The lowest BCUT2D eigenvalue weighted by Crippen LogP contribution is -2.19. The lowest BCUT2D eigenvalue weighted by atomic mass is 10.1. The van der Waals surface area contributed by atoms with E-state index in [0.29, 0.717) is 11.7 Å². The quantitative estimate of drug-likeness (QED) is 0.861. The molecule has 1 fully saturated rings. The lowest BCUT2D eigenvalue weighted by molar-refractivity contribution is 0.0963. The molecule has 1 saturated carbocycles. The maximum atomic E-state index is 11.6. The van der Waals surface area contributed by atoms with Crippen LogP contribution in [-0.2, 0) is 0 Å². The van der Waals surface area contributed by atoms with Gasteiger partial charge >= 0.3 is 0 Å². The van der Waals surface area contributed by atoms with Gasteiger partial charge in [-0.05, 0) is 31.0 Å². The number of hydrogen-bond donors (Lipinski definition) is 1. The van der Waals surface area contributed by atoms with E-state index in [1.54, 1.807) is 13.1 Å². The van der Waals surface area contributed by atoms with Crippen LogP contribution in [0, 0.1) is 0 Å². The van der Waals surface area contributed by atoms with Crippen LogP contribution < -0.4 is 15.0 Å². The van der Waals surface area contributed by atoms with E-state index >= 15 is 0 Å². The molecule has 0 radical (unpaired) electrons. The van der Waals surface area contributed by atoms with Gasteiger partial charge in [-0.3, -0.25) is 4.79 Å². The number of amides is 1. The molecule has 0 heterocycles. The molecular formula is C13H18N2O2. The molecule has 1 aliphatic rings. The van der Waals surface area contributed by atoms with Crippen molar-refractivity contribution in [1.29, 1.82) is 0 Å². The Balaban J connectivity index is 2.29. The normalized spacial score (nSPS) is 14.3. The van der Waals surface area contributed by atoms with Crippen LogP contribution in [-0.4, -0.2) is 33.2 Å². The van der Waals surface area contributed by atoms with Crippen molar-refractivity contribution in [2.45, 2.75) is 18.9 Å². The Morgan fingerprint density at radius 2 is 2.12 bits per heavy atom. The summed E-state index contributed by atoms with van der Waals surface area (Å²) in [5, 5.41) is 2.62. The van der Waals surface area contributed by atoms with Crippen molar-refractivity contribution in [2.24, 2.45) is 0 Å². The Morgan fingerprint density at radius 3 is 2.65 bits per heavy atom. The molecule has 1 N–H and O–H groups in total. The van der Waals surface area contributed by atoms with E-state index in [1.165, 1.54) is 0 Å². The summed E-state index contributed by atoms with van der Waals surface area (Å²) in [5.74, 6) is 0.774. The van der Waals surface area contributed by atoms with Gasteiger partial charge in [0.25, 0.3) is 5.91 Å². The number of anilines is 1. The van der Waals surface area contributed by atoms with Crippen molar-refractivity contribution in [3.8, 4) is 5.75 Å². The van der Waals surface area contributed by atoms with E-state index in [9.17, 15) is 4.79 Å². The van der Waals surface area contributed by atoms with Gasteiger partial charge in [0.15, 0.2) is 0 Å². The highest BCUT2D eigenvalue weighted by atomic mass is 16.5. The topological polar surface area (TPSA) is 41.6 Å². The molecule has 1 aliphatic carbocycles. The minimum Gasteiger partial charge on any atom is -0.488 e. The zero-order chi connectivity index (χ0) is 12.4. The molecule has 1 amide bonds. The molecule has 92 valence electrons. The van der Waals surface area contributed by atoms with Gasteiger partial charge in [0, 0.05) is 26.7 Å². The van der Waals surface area contributed by atoms with E-state index in [1.807, 2.05) is 31.1 Å². The van der Waals surface area contributed by atoms with Gasteiger partial charge in [0.2, 0.25) is 0 Å². The van der Waals surface area contributed by atoms with Gasteiger partial charge in [-0.2, -0.15) is 0 Å². The molecule has 0 atom stereocenters. The molecule has 0 spiro atoms. The average molecular weight is 234 g/mol. The Morgan fingerprint density at radius 1 is 1.41 bits per heavy atom. The highest BCUT2D eigenvalue weighted by Crippen LogP contribution is 2.34. The maximum absolute atomic E-state index is 11.6. The first kappa shape index (κ1) is 11.8. The lowest BCUT2D eigenvalue weighted by Gasteiger charge is -2.18. The van der Waals surface area contributed by atoms with Crippen molar-refractivity contribution in [2.75, 3.05) is 26.0 Å². The van der Waals surface area contributed by atoms with Crippen LogP contribution >= 0.6 is 0 Å². The minimum atomic E-state index is -0.0777. The number of carbonyl (C=O) groups is 1. The molecule has 4 heteroatoms. The Bertz CT molecular complexity index is 425. The van der Waals surface area contributed by atoms with Gasteiger partial charge in [-0.25, -0.2) is 0 Å². The number of carbonyl (C=O) groups excluding carboxylic acids is 1. The first-order valence-electron chi connectivity index (χ1n) is 5.82. The number of ether oxygens (including phenoxy) is 1. The van der Waals surface area contributed by atoms with Crippen LogP contribution in [0.15, 0.2) is 18.2 Å². The van der Waals surface area contributed by atoms with Gasteiger partial charge < -0.3 is 15.0 Å². The summed E-state index contributed by atoms with van der Waals surface area (Å²) in [5.41, 5.74) is 1.59. The monoisotopic (exact) mass is 234 g/mol. The van der Waals surface area contributed by atoms with Crippen LogP contribution in [0.3, 0.4) is 0 Å². The Hall–Kier alpha value is -1.71. The Labute approximate surface area is 102 Å². The Kier molecular flexibility index (Phi) is 3.22.